The highest BCUT2D eigenvalue weighted by atomic mass is 32.2. The fraction of sp³-hybridized carbons (Fsp3) is 0.574. The lowest BCUT2D eigenvalue weighted by atomic mass is 9.97. The maximum atomic E-state index is 14.1. The van der Waals surface area contributed by atoms with Crippen molar-refractivity contribution in [2.75, 3.05) is 26.2 Å². The SMILES string of the molecule is CC[C@H](C)[C@H](NC(=O)[C@H](CCCN(O)C(C)=O)NC(=O)[C@H](CCCN(O)C(C)=O)NC(=O)[C@@H](N)CCCN(O)C(C)=O)C(=O)NS(=O)(=O)OC[C@H]1O[C@@H](CCn2nnc(-c3ccc(Oc4ccccc4)cc3)n2)[C@H](O)[C@@H]1O. The second-order valence-electron chi connectivity index (χ2n) is 18.3. The zero-order valence-electron chi connectivity index (χ0n) is 43.3. The number of aromatic nitrogens is 4. The predicted octanol–water partition coefficient (Wildman–Crippen LogP) is -0.729. The van der Waals surface area contributed by atoms with Crippen LogP contribution < -0.4 is 31.1 Å². The molecule has 426 valence electrons. The van der Waals surface area contributed by atoms with Gasteiger partial charge in [-0.2, -0.15) is 13.2 Å². The van der Waals surface area contributed by atoms with Gasteiger partial charge in [0.25, 0.3) is 5.91 Å². The molecular formula is C47H70N12O17S. The number of nitrogens with two attached hydrogens (primary N) is 1. The van der Waals surface area contributed by atoms with E-state index in [9.17, 15) is 67.8 Å². The molecule has 1 fully saturated rings. The zero-order chi connectivity index (χ0) is 57.0. The van der Waals surface area contributed by atoms with E-state index in [-0.39, 0.29) is 77.5 Å². The highest BCUT2D eigenvalue weighted by molar-refractivity contribution is 7.85. The lowest BCUT2D eigenvalue weighted by Crippen LogP contribution is -2.59. The number of aliphatic hydroxyl groups excluding tert-OH is 2. The van der Waals surface area contributed by atoms with Crippen LogP contribution in [-0.2, 0) is 59.3 Å². The molecule has 7 amide bonds. The number of aliphatic hydroxyl groups is 2. The van der Waals surface area contributed by atoms with Gasteiger partial charge in [0.2, 0.25) is 41.3 Å². The number of benzene rings is 2. The Kier molecular flexibility index (Phi) is 24.7. The highest BCUT2D eigenvalue weighted by Gasteiger charge is 2.43. The van der Waals surface area contributed by atoms with Crippen molar-refractivity contribution in [3.05, 3.63) is 54.6 Å². The average molecular weight is 1110 g/mol. The van der Waals surface area contributed by atoms with Crippen LogP contribution in [0.4, 0.5) is 0 Å². The number of para-hydroxylation sites is 1. The van der Waals surface area contributed by atoms with Crippen LogP contribution in [0.3, 0.4) is 0 Å². The number of ether oxygens (including phenoxy) is 2. The minimum atomic E-state index is -5.00. The van der Waals surface area contributed by atoms with Crippen molar-refractivity contribution in [3.8, 4) is 22.9 Å². The smallest absolute Gasteiger partial charge is 0.362 e. The number of hydrogen-bond donors (Lipinski definition) is 10. The summed E-state index contributed by atoms with van der Waals surface area (Å²) in [5.74, 6) is -5.46. The molecule has 9 atom stereocenters. The van der Waals surface area contributed by atoms with Gasteiger partial charge in [-0.25, -0.2) is 19.9 Å². The van der Waals surface area contributed by atoms with Crippen molar-refractivity contribution in [1.82, 2.24) is 56.1 Å². The molecule has 0 spiro atoms. The summed E-state index contributed by atoms with van der Waals surface area (Å²) >= 11 is 0. The number of amides is 7. The maximum Gasteiger partial charge on any atom is 0.362 e. The van der Waals surface area contributed by atoms with Gasteiger partial charge in [0.15, 0.2) is 0 Å². The Morgan fingerprint density at radius 2 is 1.23 bits per heavy atom. The number of rotatable bonds is 31. The minimum absolute atomic E-state index is 0.0479. The molecule has 1 aliphatic heterocycles. The standard InChI is InChI=1S/C47H70N12O17S/c1-6-28(2)40(51-46(67)37(17-12-25-58(71)31(5)62)50-45(66)36(16-11-24-57(70)30(4)61)49-44(65)35(48)15-10-23-56(69)29(3)60)47(68)54-77(72,73)74-27-39-42(64)41(63)38(76-39)22-26-59-53-43(52-55-59)32-18-20-34(21-19-32)75-33-13-8-7-9-14-33/h7-9,13-14,18-21,28,35-42,63-64,69-71H,6,10-12,15-17,22-27,48H2,1-5H3,(H,49,65)(H,50,66)(H,51,67)(H,54,68)/t28-,35-,36-,37-,38-,39+,40-,41-,42+/m0/s1. The van der Waals surface area contributed by atoms with Crippen LogP contribution >= 0.6 is 0 Å². The van der Waals surface area contributed by atoms with Crippen molar-refractivity contribution < 1.29 is 81.5 Å². The number of aryl methyl sites for hydroxylation is 1. The van der Waals surface area contributed by atoms with E-state index >= 15 is 0 Å². The molecule has 2 heterocycles. The first-order valence-corrected chi connectivity index (χ1v) is 26.2. The Balaban J connectivity index is 1.39. The third-order valence-corrected chi connectivity index (χ3v) is 13.2. The van der Waals surface area contributed by atoms with E-state index in [1.807, 2.05) is 30.3 Å². The van der Waals surface area contributed by atoms with E-state index in [0.717, 1.165) is 20.8 Å². The molecule has 1 aromatic heterocycles. The number of carbonyl (C=O) groups excluding carboxylic acids is 7. The third kappa shape index (κ3) is 20.3. The summed E-state index contributed by atoms with van der Waals surface area (Å²) in [5, 5.41) is 72.2. The number of carbonyl (C=O) groups is 7. The van der Waals surface area contributed by atoms with E-state index in [1.54, 1.807) is 35.9 Å². The van der Waals surface area contributed by atoms with Crippen LogP contribution in [0.25, 0.3) is 11.4 Å². The second-order valence-corrected chi connectivity index (χ2v) is 19.6. The Bertz CT molecular complexity index is 2540. The Labute approximate surface area is 444 Å². The number of hydroxylamine groups is 6. The van der Waals surface area contributed by atoms with Crippen molar-refractivity contribution >= 4 is 51.7 Å². The van der Waals surface area contributed by atoms with Gasteiger partial charge in [0.05, 0.1) is 25.3 Å². The van der Waals surface area contributed by atoms with Crippen LogP contribution in [0, 0.1) is 5.92 Å². The Hall–Kier alpha value is -6.77. The van der Waals surface area contributed by atoms with Crippen LogP contribution in [0.15, 0.2) is 54.6 Å². The minimum Gasteiger partial charge on any atom is -0.457 e. The van der Waals surface area contributed by atoms with Gasteiger partial charge < -0.3 is 41.4 Å². The first-order valence-electron chi connectivity index (χ1n) is 24.8. The molecule has 11 N–H and O–H groups in total. The summed E-state index contributed by atoms with van der Waals surface area (Å²) in [6.45, 7) is 4.90. The average Bonchev–Trinajstić information content (AvgIpc) is 3.98. The van der Waals surface area contributed by atoms with Gasteiger partial charge in [0.1, 0.15) is 47.9 Å². The second kappa shape index (κ2) is 30.2. The summed E-state index contributed by atoms with van der Waals surface area (Å²) in [4.78, 5) is 90.9. The van der Waals surface area contributed by atoms with Gasteiger partial charge in [-0.1, -0.05) is 38.5 Å². The van der Waals surface area contributed by atoms with E-state index in [1.165, 1.54) is 11.7 Å². The van der Waals surface area contributed by atoms with Gasteiger partial charge in [-0.3, -0.25) is 53.4 Å². The quantitative estimate of drug-likeness (QED) is 0.0280. The monoisotopic (exact) mass is 1110 g/mol. The van der Waals surface area contributed by atoms with Crippen LogP contribution in [0.1, 0.15) is 86.0 Å². The van der Waals surface area contributed by atoms with Crippen LogP contribution in [0.5, 0.6) is 11.5 Å². The van der Waals surface area contributed by atoms with E-state index in [2.05, 4.69) is 31.4 Å². The summed E-state index contributed by atoms with van der Waals surface area (Å²) in [5.41, 5.74) is 6.68. The van der Waals surface area contributed by atoms with Crippen molar-refractivity contribution in [2.24, 2.45) is 11.7 Å². The third-order valence-electron chi connectivity index (χ3n) is 12.3. The zero-order valence-corrected chi connectivity index (χ0v) is 44.2. The predicted molar refractivity (Wildman–Crippen MR) is 267 cm³/mol. The molecule has 3 aromatic rings. The van der Waals surface area contributed by atoms with Crippen molar-refractivity contribution in [2.45, 2.75) is 141 Å². The Morgan fingerprint density at radius 3 is 1.78 bits per heavy atom. The van der Waals surface area contributed by atoms with Crippen molar-refractivity contribution in [1.29, 1.82) is 0 Å². The molecule has 1 saturated heterocycles. The lowest BCUT2D eigenvalue weighted by molar-refractivity contribution is -0.163. The molecule has 77 heavy (non-hydrogen) atoms. The maximum absolute atomic E-state index is 14.1. The summed E-state index contributed by atoms with van der Waals surface area (Å²) in [6.07, 6.45) is -5.98. The summed E-state index contributed by atoms with van der Waals surface area (Å²) < 4.78 is 44.7. The molecule has 4 rings (SSSR count). The molecule has 2 aromatic carbocycles. The fourth-order valence-corrected chi connectivity index (χ4v) is 8.31. The van der Waals surface area contributed by atoms with Crippen molar-refractivity contribution in [3.63, 3.8) is 0 Å². The summed E-state index contributed by atoms with van der Waals surface area (Å²) in [7, 11) is -5.00. The molecule has 0 radical (unpaired) electrons. The summed E-state index contributed by atoms with van der Waals surface area (Å²) in [6, 6.07) is 10.3. The van der Waals surface area contributed by atoms with Crippen LogP contribution in [0.2, 0.25) is 0 Å². The topological polar surface area (TPSA) is 410 Å². The molecule has 0 unspecified atom stereocenters. The molecule has 0 aliphatic carbocycles. The molecule has 1 aliphatic rings. The van der Waals surface area contributed by atoms with Gasteiger partial charge >= 0.3 is 10.3 Å². The van der Waals surface area contributed by atoms with Gasteiger partial charge in [-0.05, 0) is 92.5 Å². The molecule has 0 bridgehead atoms. The van der Waals surface area contributed by atoms with Gasteiger partial charge in [0, 0.05) is 46.0 Å². The number of nitrogens with zero attached hydrogens (tertiary/aromatic N) is 7. The lowest BCUT2D eigenvalue weighted by Gasteiger charge is -2.28. The first kappa shape index (κ1) is 62.8. The molecule has 0 saturated carbocycles. The number of hydrogen-bond acceptors (Lipinski definition) is 21. The number of tetrazole rings is 1. The molecular weight excluding hydrogens is 1040 g/mol. The molecule has 29 nitrogen and oxygen atoms in total. The highest BCUT2D eigenvalue weighted by Crippen LogP contribution is 2.26. The van der Waals surface area contributed by atoms with Gasteiger partial charge in [-0.15, -0.1) is 10.2 Å². The van der Waals surface area contributed by atoms with E-state index in [0.29, 0.717) is 38.1 Å². The first-order chi connectivity index (χ1) is 36.4. The fourth-order valence-electron chi connectivity index (χ4n) is 7.57. The van der Waals surface area contributed by atoms with Crippen LogP contribution in [-0.4, -0.2) is 186 Å². The molecule has 30 heteroatoms. The largest absolute Gasteiger partial charge is 0.457 e. The van der Waals surface area contributed by atoms with E-state index < -0.39 is 113 Å². The normalized spacial score (nSPS) is 18.2. The Morgan fingerprint density at radius 1 is 0.727 bits per heavy atom. The number of nitrogens with one attached hydrogen (secondary N) is 4. The van der Waals surface area contributed by atoms with E-state index in [4.69, 9.17) is 19.4 Å².